The summed E-state index contributed by atoms with van der Waals surface area (Å²) >= 11 is 0. The molecule has 1 rings (SSSR count). The molecular formula is C49H93N. The van der Waals surface area contributed by atoms with Crippen LogP contribution in [0.15, 0.2) is 18.5 Å². The summed E-state index contributed by atoms with van der Waals surface area (Å²) in [5, 5.41) is 0. The number of hydrogen-bond donors (Lipinski definition) is 0. The molecule has 0 unspecified atom stereocenters. The van der Waals surface area contributed by atoms with Crippen LogP contribution >= 0.6 is 0 Å². The average Bonchev–Trinajstić information content (AvgIpc) is 3.13. The predicted octanol–water partition coefficient (Wildman–Crippen LogP) is 17.8. The second-order valence-corrected chi connectivity index (χ2v) is 16.6. The maximum absolute atomic E-state index is 4.59. The SMILES string of the molecule is CCCCCCCCCCCCCCCCCCCCCCc1cncc(CCCCCCCCCCCCCCCCCCCCCC)c1. The van der Waals surface area contributed by atoms with Crippen molar-refractivity contribution in [2.75, 3.05) is 0 Å². The van der Waals surface area contributed by atoms with Gasteiger partial charge in [0.2, 0.25) is 0 Å². The van der Waals surface area contributed by atoms with Crippen LogP contribution in [0.2, 0.25) is 0 Å². The fourth-order valence-corrected chi connectivity index (χ4v) is 7.98. The molecule has 1 heteroatoms. The van der Waals surface area contributed by atoms with Gasteiger partial charge in [0, 0.05) is 12.4 Å². The molecule has 0 bridgehead atoms. The highest BCUT2D eigenvalue weighted by Gasteiger charge is 2.01. The summed E-state index contributed by atoms with van der Waals surface area (Å²) in [5.41, 5.74) is 2.94. The fraction of sp³-hybridized carbons (Fsp3) is 0.898. The lowest BCUT2D eigenvalue weighted by molar-refractivity contribution is 0.521. The Balaban J connectivity index is 1.80. The number of aryl methyl sites for hydroxylation is 2. The minimum absolute atomic E-state index is 1.22. The van der Waals surface area contributed by atoms with Crippen LogP contribution in [0, 0.1) is 0 Å². The van der Waals surface area contributed by atoms with E-state index in [9.17, 15) is 0 Å². The molecule has 1 nitrogen and oxygen atoms in total. The van der Waals surface area contributed by atoms with Gasteiger partial charge in [-0.1, -0.05) is 264 Å². The monoisotopic (exact) mass is 696 g/mol. The van der Waals surface area contributed by atoms with Crippen molar-refractivity contribution in [2.24, 2.45) is 0 Å². The van der Waals surface area contributed by atoms with Crippen LogP contribution in [0.1, 0.15) is 282 Å². The minimum atomic E-state index is 1.22. The van der Waals surface area contributed by atoms with Crippen molar-refractivity contribution < 1.29 is 0 Å². The van der Waals surface area contributed by atoms with Gasteiger partial charge in [-0.2, -0.15) is 0 Å². The Bertz CT molecular complexity index is 696. The molecule has 0 aliphatic heterocycles. The summed E-state index contributed by atoms with van der Waals surface area (Å²) in [4.78, 5) is 4.59. The summed E-state index contributed by atoms with van der Waals surface area (Å²) in [7, 11) is 0. The Labute approximate surface area is 317 Å². The zero-order chi connectivity index (χ0) is 35.7. The molecule has 1 aromatic heterocycles. The molecule has 1 heterocycles. The van der Waals surface area contributed by atoms with Gasteiger partial charge in [-0.3, -0.25) is 4.98 Å². The van der Waals surface area contributed by atoms with Crippen LogP contribution in [-0.4, -0.2) is 4.98 Å². The van der Waals surface area contributed by atoms with Gasteiger partial charge in [-0.25, -0.2) is 0 Å². The maximum Gasteiger partial charge on any atom is 0.0300 e. The molecule has 0 N–H and O–H groups in total. The third-order valence-electron chi connectivity index (χ3n) is 11.5. The highest BCUT2D eigenvalue weighted by molar-refractivity contribution is 5.18. The highest BCUT2D eigenvalue weighted by Crippen LogP contribution is 2.18. The van der Waals surface area contributed by atoms with E-state index in [0.29, 0.717) is 0 Å². The van der Waals surface area contributed by atoms with Gasteiger partial charge in [0.1, 0.15) is 0 Å². The molecule has 0 amide bonds. The molecule has 0 aliphatic carbocycles. The standard InChI is InChI=1S/C49H93N/c1-3-5-7-9-11-13-15-17-19-21-23-25-27-29-31-33-35-37-39-41-43-48-45-49(47-50-46-48)44-42-40-38-36-34-32-30-28-26-24-22-20-18-16-14-12-10-8-6-4-2/h45-47H,3-44H2,1-2H3. The molecule has 0 aromatic carbocycles. The smallest absolute Gasteiger partial charge is 0.0300 e. The van der Waals surface area contributed by atoms with Gasteiger partial charge >= 0.3 is 0 Å². The van der Waals surface area contributed by atoms with Crippen molar-refractivity contribution in [1.29, 1.82) is 0 Å². The van der Waals surface area contributed by atoms with Gasteiger partial charge in [-0.05, 0) is 36.8 Å². The normalized spacial score (nSPS) is 11.6. The van der Waals surface area contributed by atoms with E-state index in [1.807, 2.05) is 0 Å². The Morgan fingerprint density at radius 2 is 0.440 bits per heavy atom. The van der Waals surface area contributed by atoms with E-state index in [1.165, 1.54) is 281 Å². The molecule has 1 aromatic rings. The topological polar surface area (TPSA) is 12.9 Å². The van der Waals surface area contributed by atoms with E-state index < -0.39 is 0 Å². The van der Waals surface area contributed by atoms with Gasteiger partial charge in [0.15, 0.2) is 0 Å². The first-order valence-corrected chi connectivity index (χ1v) is 23.8. The number of aromatic nitrogens is 1. The van der Waals surface area contributed by atoms with Gasteiger partial charge in [0.25, 0.3) is 0 Å². The fourth-order valence-electron chi connectivity index (χ4n) is 7.98. The van der Waals surface area contributed by atoms with Crippen molar-refractivity contribution in [3.63, 3.8) is 0 Å². The van der Waals surface area contributed by atoms with Gasteiger partial charge < -0.3 is 0 Å². The maximum atomic E-state index is 4.59. The third kappa shape index (κ3) is 35.5. The quantitative estimate of drug-likeness (QED) is 0.0620. The molecule has 0 spiro atoms. The first-order chi connectivity index (χ1) is 24.9. The summed E-state index contributed by atoms with van der Waals surface area (Å²) < 4.78 is 0. The zero-order valence-electron chi connectivity index (χ0n) is 34.9. The van der Waals surface area contributed by atoms with Crippen molar-refractivity contribution in [1.82, 2.24) is 4.98 Å². The average molecular weight is 696 g/mol. The van der Waals surface area contributed by atoms with Crippen molar-refractivity contribution in [3.05, 3.63) is 29.6 Å². The van der Waals surface area contributed by atoms with E-state index in [0.717, 1.165) is 0 Å². The lowest BCUT2D eigenvalue weighted by atomic mass is 10.0. The first kappa shape index (κ1) is 47.2. The number of rotatable bonds is 42. The van der Waals surface area contributed by atoms with Crippen molar-refractivity contribution in [3.8, 4) is 0 Å². The summed E-state index contributed by atoms with van der Waals surface area (Å²) in [6.45, 7) is 4.62. The summed E-state index contributed by atoms with van der Waals surface area (Å²) in [5.74, 6) is 0. The Hall–Kier alpha value is -0.850. The predicted molar refractivity (Wildman–Crippen MR) is 228 cm³/mol. The van der Waals surface area contributed by atoms with Crippen LogP contribution in [0.25, 0.3) is 0 Å². The molecule has 0 radical (unpaired) electrons. The highest BCUT2D eigenvalue weighted by atomic mass is 14.6. The van der Waals surface area contributed by atoms with E-state index >= 15 is 0 Å². The number of unbranched alkanes of at least 4 members (excludes halogenated alkanes) is 38. The van der Waals surface area contributed by atoms with Crippen LogP contribution < -0.4 is 0 Å². The van der Waals surface area contributed by atoms with E-state index in [1.54, 1.807) is 0 Å². The largest absolute Gasteiger partial charge is 0.264 e. The Morgan fingerprint density at radius 1 is 0.260 bits per heavy atom. The number of nitrogens with zero attached hydrogens (tertiary/aromatic N) is 1. The van der Waals surface area contributed by atoms with Gasteiger partial charge in [0.05, 0.1) is 0 Å². The van der Waals surface area contributed by atoms with Crippen LogP contribution in [0.5, 0.6) is 0 Å². The second-order valence-electron chi connectivity index (χ2n) is 16.6. The summed E-state index contributed by atoms with van der Waals surface area (Å²) in [6, 6.07) is 2.46. The lowest BCUT2D eigenvalue weighted by Crippen LogP contribution is -1.93. The van der Waals surface area contributed by atoms with Crippen molar-refractivity contribution >= 4 is 0 Å². The van der Waals surface area contributed by atoms with E-state index in [4.69, 9.17) is 0 Å². The van der Waals surface area contributed by atoms with Crippen LogP contribution in [0.4, 0.5) is 0 Å². The van der Waals surface area contributed by atoms with E-state index in [2.05, 4.69) is 37.3 Å². The number of pyridine rings is 1. The molecular weight excluding hydrogens is 603 g/mol. The Kier molecular flexibility index (Phi) is 38.6. The molecule has 0 saturated carbocycles. The Morgan fingerprint density at radius 3 is 0.640 bits per heavy atom. The second kappa shape index (κ2) is 40.9. The molecule has 50 heavy (non-hydrogen) atoms. The third-order valence-corrected chi connectivity index (χ3v) is 11.5. The van der Waals surface area contributed by atoms with Crippen LogP contribution in [-0.2, 0) is 12.8 Å². The first-order valence-electron chi connectivity index (χ1n) is 23.8. The molecule has 0 saturated heterocycles. The van der Waals surface area contributed by atoms with Crippen molar-refractivity contribution in [2.45, 2.75) is 284 Å². The molecule has 0 aliphatic rings. The lowest BCUT2D eigenvalue weighted by Gasteiger charge is -2.06. The number of hydrogen-bond acceptors (Lipinski definition) is 1. The van der Waals surface area contributed by atoms with E-state index in [-0.39, 0.29) is 0 Å². The molecule has 0 atom stereocenters. The molecule has 294 valence electrons. The summed E-state index contributed by atoms with van der Waals surface area (Å²) in [6.07, 6.45) is 64.7. The zero-order valence-corrected chi connectivity index (χ0v) is 34.9. The van der Waals surface area contributed by atoms with Crippen LogP contribution in [0.3, 0.4) is 0 Å². The van der Waals surface area contributed by atoms with Gasteiger partial charge in [-0.15, -0.1) is 0 Å². The minimum Gasteiger partial charge on any atom is -0.264 e. The molecule has 0 fully saturated rings.